The second-order valence-corrected chi connectivity index (χ2v) is 8.30. The third-order valence-corrected chi connectivity index (χ3v) is 5.00. The molecule has 26 heavy (non-hydrogen) atoms. The molecule has 1 atom stereocenters. The number of aliphatic hydroxyl groups is 1. The molecule has 0 spiro atoms. The Hall–Kier alpha value is -0.810. The van der Waals surface area contributed by atoms with Gasteiger partial charge in [-0.25, -0.2) is 0 Å². The molecule has 0 heterocycles. The SMILES string of the molecule is Cc1cc(OC[C@H](O)CNCCN(C(C)C)C(C)C)c(C(C)C)cc1Cl. The smallest absolute Gasteiger partial charge is 0.123 e. The quantitative estimate of drug-likeness (QED) is 0.560. The second kappa shape index (κ2) is 11.1. The lowest BCUT2D eigenvalue weighted by atomic mass is 10.0. The summed E-state index contributed by atoms with van der Waals surface area (Å²) in [6.45, 7) is 17.6. The standard InChI is InChI=1S/C21H37ClN2O2/c1-14(2)19-11-20(22)17(7)10-21(19)26-13-18(25)12-23-8-9-24(15(3)4)16(5)6/h10-11,14-16,18,23,25H,8-9,12-13H2,1-7H3/t18-/m1/s1. The molecule has 2 N–H and O–H groups in total. The van der Waals surface area contributed by atoms with E-state index in [-0.39, 0.29) is 6.61 Å². The van der Waals surface area contributed by atoms with Gasteiger partial charge in [0.1, 0.15) is 18.5 Å². The third kappa shape index (κ3) is 7.43. The highest BCUT2D eigenvalue weighted by Gasteiger charge is 2.14. The van der Waals surface area contributed by atoms with E-state index in [1.807, 2.05) is 19.1 Å². The number of benzene rings is 1. The van der Waals surface area contributed by atoms with Crippen LogP contribution in [0.5, 0.6) is 5.75 Å². The molecule has 0 aliphatic rings. The van der Waals surface area contributed by atoms with E-state index in [0.29, 0.717) is 24.5 Å². The van der Waals surface area contributed by atoms with Crippen LogP contribution in [0.2, 0.25) is 5.02 Å². The van der Waals surface area contributed by atoms with Crippen molar-refractivity contribution < 1.29 is 9.84 Å². The molecule has 1 aromatic rings. The summed E-state index contributed by atoms with van der Waals surface area (Å²) in [5, 5.41) is 14.3. The first-order chi connectivity index (χ1) is 12.1. The minimum atomic E-state index is -0.544. The van der Waals surface area contributed by atoms with Gasteiger partial charge in [0.15, 0.2) is 0 Å². The number of aliphatic hydroxyl groups excluding tert-OH is 1. The molecule has 1 aromatic carbocycles. The zero-order valence-corrected chi connectivity index (χ0v) is 18.2. The predicted molar refractivity (Wildman–Crippen MR) is 112 cm³/mol. The summed E-state index contributed by atoms with van der Waals surface area (Å²) < 4.78 is 5.89. The molecule has 0 amide bonds. The van der Waals surface area contributed by atoms with Gasteiger partial charge in [0.2, 0.25) is 0 Å². The van der Waals surface area contributed by atoms with Crippen molar-refractivity contribution in [3.8, 4) is 5.75 Å². The summed E-state index contributed by atoms with van der Waals surface area (Å²) in [6.07, 6.45) is -0.544. The van der Waals surface area contributed by atoms with Crippen molar-refractivity contribution in [2.24, 2.45) is 0 Å². The van der Waals surface area contributed by atoms with Crippen molar-refractivity contribution >= 4 is 11.6 Å². The number of ether oxygens (including phenoxy) is 1. The maximum atomic E-state index is 10.2. The van der Waals surface area contributed by atoms with Crippen LogP contribution in [0.1, 0.15) is 58.6 Å². The lowest BCUT2D eigenvalue weighted by Gasteiger charge is -2.30. The number of hydrogen-bond donors (Lipinski definition) is 2. The van der Waals surface area contributed by atoms with Gasteiger partial charge in [0, 0.05) is 36.7 Å². The van der Waals surface area contributed by atoms with Crippen LogP contribution in [-0.2, 0) is 0 Å². The molecule has 0 unspecified atom stereocenters. The Morgan fingerprint density at radius 1 is 1.12 bits per heavy atom. The maximum absolute atomic E-state index is 10.2. The minimum absolute atomic E-state index is 0.270. The Labute approximate surface area is 164 Å². The van der Waals surface area contributed by atoms with Crippen LogP contribution in [0, 0.1) is 6.92 Å². The average Bonchev–Trinajstić information content (AvgIpc) is 2.54. The number of rotatable bonds is 11. The molecule has 5 heteroatoms. The van der Waals surface area contributed by atoms with Gasteiger partial charge in [-0.1, -0.05) is 25.4 Å². The average molecular weight is 385 g/mol. The summed E-state index contributed by atoms with van der Waals surface area (Å²) >= 11 is 6.23. The highest BCUT2D eigenvalue weighted by atomic mass is 35.5. The Bertz CT molecular complexity index is 539. The molecule has 0 bridgehead atoms. The molecule has 0 saturated heterocycles. The zero-order chi connectivity index (χ0) is 19.9. The summed E-state index contributed by atoms with van der Waals surface area (Å²) in [6, 6.07) is 4.97. The minimum Gasteiger partial charge on any atom is -0.491 e. The van der Waals surface area contributed by atoms with Crippen molar-refractivity contribution in [3.05, 3.63) is 28.3 Å². The third-order valence-electron chi connectivity index (χ3n) is 4.60. The van der Waals surface area contributed by atoms with Crippen molar-refractivity contribution in [2.75, 3.05) is 26.2 Å². The summed E-state index contributed by atoms with van der Waals surface area (Å²) in [7, 11) is 0. The van der Waals surface area contributed by atoms with E-state index >= 15 is 0 Å². The molecule has 4 nitrogen and oxygen atoms in total. The first-order valence-corrected chi connectivity index (χ1v) is 10.1. The fourth-order valence-corrected chi connectivity index (χ4v) is 3.25. The molecule has 0 aliphatic heterocycles. The number of halogens is 1. The number of nitrogens with zero attached hydrogens (tertiary/aromatic N) is 1. The normalized spacial score (nSPS) is 13.3. The van der Waals surface area contributed by atoms with E-state index in [4.69, 9.17) is 16.3 Å². The molecule has 0 radical (unpaired) electrons. The topological polar surface area (TPSA) is 44.7 Å². The van der Waals surface area contributed by atoms with E-state index in [1.165, 1.54) is 0 Å². The van der Waals surface area contributed by atoms with Gasteiger partial charge in [-0.05, 0) is 63.8 Å². The van der Waals surface area contributed by atoms with Crippen LogP contribution in [0.4, 0.5) is 0 Å². The fraction of sp³-hybridized carbons (Fsp3) is 0.714. The van der Waals surface area contributed by atoms with Crippen LogP contribution in [-0.4, -0.2) is 54.4 Å². The van der Waals surface area contributed by atoms with Crippen LogP contribution in [0.15, 0.2) is 12.1 Å². The van der Waals surface area contributed by atoms with Gasteiger partial charge in [0.05, 0.1) is 0 Å². The number of hydrogen-bond acceptors (Lipinski definition) is 4. The zero-order valence-electron chi connectivity index (χ0n) is 17.5. The van der Waals surface area contributed by atoms with Crippen LogP contribution in [0.25, 0.3) is 0 Å². The summed E-state index contributed by atoms with van der Waals surface area (Å²) in [4.78, 5) is 2.43. The van der Waals surface area contributed by atoms with Gasteiger partial charge < -0.3 is 15.2 Å². The van der Waals surface area contributed by atoms with Crippen molar-refractivity contribution in [1.29, 1.82) is 0 Å². The highest BCUT2D eigenvalue weighted by Crippen LogP contribution is 2.32. The molecular weight excluding hydrogens is 348 g/mol. The van der Waals surface area contributed by atoms with Gasteiger partial charge in [0.25, 0.3) is 0 Å². The molecular formula is C21H37ClN2O2. The number of aryl methyl sites for hydroxylation is 1. The summed E-state index contributed by atoms with van der Waals surface area (Å²) in [5.74, 6) is 1.13. The van der Waals surface area contributed by atoms with Crippen LogP contribution >= 0.6 is 11.6 Å². The van der Waals surface area contributed by atoms with Gasteiger partial charge >= 0.3 is 0 Å². The van der Waals surface area contributed by atoms with Crippen LogP contribution in [0.3, 0.4) is 0 Å². The van der Waals surface area contributed by atoms with E-state index in [1.54, 1.807) is 0 Å². The Balaban J connectivity index is 2.45. The van der Waals surface area contributed by atoms with Gasteiger partial charge in [-0.15, -0.1) is 0 Å². The van der Waals surface area contributed by atoms with Crippen molar-refractivity contribution in [2.45, 2.75) is 72.6 Å². The second-order valence-electron chi connectivity index (χ2n) is 7.89. The van der Waals surface area contributed by atoms with E-state index in [9.17, 15) is 5.11 Å². The molecule has 0 aromatic heterocycles. The monoisotopic (exact) mass is 384 g/mol. The maximum Gasteiger partial charge on any atom is 0.123 e. The highest BCUT2D eigenvalue weighted by molar-refractivity contribution is 6.31. The summed E-state index contributed by atoms with van der Waals surface area (Å²) in [5.41, 5.74) is 2.06. The van der Waals surface area contributed by atoms with Crippen molar-refractivity contribution in [3.63, 3.8) is 0 Å². The predicted octanol–water partition coefficient (Wildman–Crippen LogP) is 4.22. The number of nitrogens with one attached hydrogen (secondary N) is 1. The van der Waals surface area contributed by atoms with Crippen LogP contribution < -0.4 is 10.1 Å². The molecule has 1 rings (SSSR count). The van der Waals surface area contributed by atoms with Crippen molar-refractivity contribution in [1.82, 2.24) is 10.2 Å². The Morgan fingerprint density at radius 3 is 2.27 bits per heavy atom. The molecule has 150 valence electrons. The lowest BCUT2D eigenvalue weighted by molar-refractivity contribution is 0.103. The first-order valence-electron chi connectivity index (χ1n) is 9.70. The van der Waals surface area contributed by atoms with E-state index in [2.05, 4.69) is 51.8 Å². The molecule has 0 saturated carbocycles. The van der Waals surface area contributed by atoms with Gasteiger partial charge in [-0.2, -0.15) is 0 Å². The lowest BCUT2D eigenvalue weighted by Crippen LogP contribution is -2.43. The Kier molecular flexibility index (Phi) is 9.94. The fourth-order valence-electron chi connectivity index (χ4n) is 3.08. The van der Waals surface area contributed by atoms with E-state index in [0.717, 1.165) is 35.0 Å². The van der Waals surface area contributed by atoms with E-state index < -0.39 is 6.10 Å². The Morgan fingerprint density at radius 2 is 1.73 bits per heavy atom. The molecule has 0 fully saturated rings. The largest absolute Gasteiger partial charge is 0.491 e. The first kappa shape index (κ1) is 23.2. The molecule has 0 aliphatic carbocycles. The van der Waals surface area contributed by atoms with Gasteiger partial charge in [-0.3, -0.25) is 4.90 Å².